The smallest absolute Gasteiger partial charge is 0.134 e. The molecule has 1 atom stereocenters. The van der Waals surface area contributed by atoms with E-state index in [1.54, 1.807) is 6.33 Å². The van der Waals surface area contributed by atoms with Crippen molar-refractivity contribution < 1.29 is 0 Å². The zero-order valence-electron chi connectivity index (χ0n) is 10.5. The van der Waals surface area contributed by atoms with Gasteiger partial charge in [0.1, 0.15) is 18.0 Å². The third kappa shape index (κ3) is 3.03. The summed E-state index contributed by atoms with van der Waals surface area (Å²) < 4.78 is 0. The van der Waals surface area contributed by atoms with Crippen LogP contribution in [0.3, 0.4) is 0 Å². The standard InChI is InChI=1S/C12H20N4S/c1-3-10-11(13-2)15-8-16-12(10)14-6-9-4-5-17-7-9/h8-9H,3-7H2,1-2H3,(H2,13,14,15,16). The van der Waals surface area contributed by atoms with Gasteiger partial charge in [0.2, 0.25) is 0 Å². The second kappa shape index (κ2) is 6.10. The molecule has 0 aliphatic carbocycles. The van der Waals surface area contributed by atoms with Crippen LogP contribution in [0, 0.1) is 5.92 Å². The van der Waals surface area contributed by atoms with Crippen molar-refractivity contribution in [2.24, 2.45) is 5.92 Å². The Morgan fingerprint density at radius 1 is 1.41 bits per heavy atom. The van der Waals surface area contributed by atoms with Crippen molar-refractivity contribution in [3.05, 3.63) is 11.9 Å². The maximum absolute atomic E-state index is 4.35. The lowest BCUT2D eigenvalue weighted by Gasteiger charge is -2.15. The molecular formula is C12H20N4S. The van der Waals surface area contributed by atoms with Crippen molar-refractivity contribution in [1.82, 2.24) is 9.97 Å². The number of aromatic nitrogens is 2. The molecule has 2 heterocycles. The van der Waals surface area contributed by atoms with Gasteiger partial charge in [0, 0.05) is 19.2 Å². The third-order valence-electron chi connectivity index (χ3n) is 3.12. The summed E-state index contributed by atoms with van der Waals surface area (Å²) in [6, 6.07) is 0. The largest absolute Gasteiger partial charge is 0.373 e. The van der Waals surface area contributed by atoms with Crippen molar-refractivity contribution in [3.8, 4) is 0 Å². The summed E-state index contributed by atoms with van der Waals surface area (Å²) in [6.45, 7) is 3.16. The lowest BCUT2D eigenvalue weighted by Crippen LogP contribution is -2.16. The highest BCUT2D eigenvalue weighted by atomic mass is 32.2. The fraction of sp³-hybridized carbons (Fsp3) is 0.667. The predicted octanol–water partition coefficient (Wildman–Crippen LogP) is 2.25. The molecule has 0 aromatic carbocycles. The SMILES string of the molecule is CCc1c(NC)ncnc1NCC1CCSC1. The molecule has 0 amide bonds. The highest BCUT2D eigenvalue weighted by Gasteiger charge is 2.16. The number of hydrogen-bond acceptors (Lipinski definition) is 5. The Labute approximate surface area is 107 Å². The second-order valence-corrected chi connectivity index (χ2v) is 5.41. The summed E-state index contributed by atoms with van der Waals surface area (Å²) >= 11 is 2.05. The molecule has 0 spiro atoms. The molecule has 1 aromatic rings. The summed E-state index contributed by atoms with van der Waals surface area (Å²) in [5, 5.41) is 6.60. The van der Waals surface area contributed by atoms with Crippen molar-refractivity contribution in [2.45, 2.75) is 19.8 Å². The summed E-state index contributed by atoms with van der Waals surface area (Å²) in [7, 11) is 1.90. The molecule has 1 aromatic heterocycles. The van der Waals surface area contributed by atoms with E-state index in [4.69, 9.17) is 0 Å². The first-order chi connectivity index (χ1) is 8.35. The van der Waals surface area contributed by atoms with E-state index < -0.39 is 0 Å². The average Bonchev–Trinajstić information content (AvgIpc) is 2.88. The van der Waals surface area contributed by atoms with Crippen molar-refractivity contribution >= 4 is 23.4 Å². The molecule has 0 bridgehead atoms. The molecule has 5 heteroatoms. The van der Waals surface area contributed by atoms with Crippen LogP contribution in [-0.2, 0) is 6.42 Å². The fourth-order valence-corrected chi connectivity index (χ4v) is 3.38. The molecular weight excluding hydrogens is 232 g/mol. The maximum Gasteiger partial charge on any atom is 0.134 e. The second-order valence-electron chi connectivity index (χ2n) is 4.26. The molecule has 2 N–H and O–H groups in total. The Kier molecular flexibility index (Phi) is 4.48. The van der Waals surface area contributed by atoms with E-state index in [9.17, 15) is 0 Å². The lowest BCUT2D eigenvalue weighted by molar-refractivity contribution is 0.630. The molecule has 0 radical (unpaired) electrons. The topological polar surface area (TPSA) is 49.8 Å². The fourth-order valence-electron chi connectivity index (χ4n) is 2.10. The van der Waals surface area contributed by atoms with Crippen LogP contribution in [0.4, 0.5) is 11.6 Å². The molecule has 17 heavy (non-hydrogen) atoms. The Morgan fingerprint density at radius 2 is 2.24 bits per heavy atom. The highest BCUT2D eigenvalue weighted by molar-refractivity contribution is 7.99. The first kappa shape index (κ1) is 12.5. The van der Waals surface area contributed by atoms with Crippen molar-refractivity contribution in [1.29, 1.82) is 0 Å². The van der Waals surface area contributed by atoms with Crippen LogP contribution in [0.1, 0.15) is 18.9 Å². The molecule has 1 fully saturated rings. The van der Waals surface area contributed by atoms with Gasteiger partial charge in [-0.25, -0.2) is 9.97 Å². The monoisotopic (exact) mass is 252 g/mol. The van der Waals surface area contributed by atoms with Crippen LogP contribution in [0.15, 0.2) is 6.33 Å². The van der Waals surface area contributed by atoms with Gasteiger partial charge in [-0.1, -0.05) is 6.92 Å². The van der Waals surface area contributed by atoms with Crippen LogP contribution in [-0.4, -0.2) is 35.1 Å². The Hall–Kier alpha value is -0.970. The minimum absolute atomic E-state index is 0.790. The summed E-state index contributed by atoms with van der Waals surface area (Å²) in [4.78, 5) is 8.59. The third-order valence-corrected chi connectivity index (χ3v) is 4.35. The van der Waals surface area contributed by atoms with E-state index in [1.165, 1.54) is 23.5 Å². The summed E-state index contributed by atoms with van der Waals surface area (Å²) in [5.74, 6) is 5.30. The van der Waals surface area contributed by atoms with Crippen molar-refractivity contribution in [2.75, 3.05) is 35.7 Å². The van der Waals surface area contributed by atoms with E-state index in [0.717, 1.165) is 30.5 Å². The molecule has 0 saturated carbocycles. The van der Waals surface area contributed by atoms with Gasteiger partial charge < -0.3 is 10.6 Å². The number of nitrogens with zero attached hydrogens (tertiary/aromatic N) is 2. The van der Waals surface area contributed by atoms with Gasteiger partial charge in [0.25, 0.3) is 0 Å². The number of anilines is 2. The quantitative estimate of drug-likeness (QED) is 0.841. The van der Waals surface area contributed by atoms with E-state index in [2.05, 4.69) is 27.5 Å². The molecule has 1 aliphatic heterocycles. The van der Waals surface area contributed by atoms with E-state index >= 15 is 0 Å². The number of hydrogen-bond donors (Lipinski definition) is 2. The van der Waals surface area contributed by atoms with Gasteiger partial charge in [-0.05, 0) is 30.3 Å². The van der Waals surface area contributed by atoms with Gasteiger partial charge >= 0.3 is 0 Å². The minimum Gasteiger partial charge on any atom is -0.373 e. The van der Waals surface area contributed by atoms with Gasteiger partial charge in [-0.15, -0.1) is 0 Å². The molecule has 1 saturated heterocycles. The summed E-state index contributed by atoms with van der Waals surface area (Å²) in [5.41, 5.74) is 1.18. The van der Waals surface area contributed by atoms with Gasteiger partial charge in [0.05, 0.1) is 0 Å². The van der Waals surface area contributed by atoms with Crippen LogP contribution < -0.4 is 10.6 Å². The number of thioether (sulfide) groups is 1. The molecule has 4 nitrogen and oxygen atoms in total. The van der Waals surface area contributed by atoms with Gasteiger partial charge in [-0.2, -0.15) is 11.8 Å². The molecule has 1 unspecified atom stereocenters. The van der Waals surface area contributed by atoms with Crippen molar-refractivity contribution in [3.63, 3.8) is 0 Å². The lowest BCUT2D eigenvalue weighted by atomic mass is 10.1. The zero-order chi connectivity index (χ0) is 12.1. The van der Waals surface area contributed by atoms with E-state index in [0.29, 0.717) is 0 Å². The number of nitrogens with one attached hydrogen (secondary N) is 2. The van der Waals surface area contributed by atoms with Crippen LogP contribution >= 0.6 is 11.8 Å². The average molecular weight is 252 g/mol. The van der Waals surface area contributed by atoms with Gasteiger partial charge in [0.15, 0.2) is 0 Å². The molecule has 94 valence electrons. The van der Waals surface area contributed by atoms with E-state index in [-0.39, 0.29) is 0 Å². The predicted molar refractivity (Wildman–Crippen MR) is 74.9 cm³/mol. The number of rotatable bonds is 5. The Balaban J connectivity index is 2.03. The van der Waals surface area contributed by atoms with Crippen LogP contribution in [0.5, 0.6) is 0 Å². The first-order valence-corrected chi connectivity index (χ1v) is 7.33. The zero-order valence-corrected chi connectivity index (χ0v) is 11.3. The molecule has 2 rings (SSSR count). The van der Waals surface area contributed by atoms with E-state index in [1.807, 2.05) is 18.8 Å². The first-order valence-electron chi connectivity index (χ1n) is 6.18. The Bertz CT molecular complexity index is 364. The van der Waals surface area contributed by atoms with Crippen LogP contribution in [0.2, 0.25) is 0 Å². The maximum atomic E-state index is 4.35. The summed E-state index contributed by atoms with van der Waals surface area (Å²) in [6.07, 6.45) is 3.89. The normalized spacial score (nSPS) is 19.3. The van der Waals surface area contributed by atoms with Gasteiger partial charge in [-0.3, -0.25) is 0 Å². The minimum atomic E-state index is 0.790. The van der Waals surface area contributed by atoms with Crippen LogP contribution in [0.25, 0.3) is 0 Å². The molecule has 1 aliphatic rings. The Morgan fingerprint density at radius 3 is 2.88 bits per heavy atom. The highest BCUT2D eigenvalue weighted by Crippen LogP contribution is 2.25.